The minimum atomic E-state index is -0.302. The first-order valence-corrected chi connectivity index (χ1v) is 4.25. The Morgan fingerprint density at radius 1 is 1.79 bits per heavy atom. The van der Waals surface area contributed by atoms with Gasteiger partial charge in [-0.1, -0.05) is 0 Å². The van der Waals surface area contributed by atoms with E-state index >= 15 is 0 Å². The summed E-state index contributed by atoms with van der Waals surface area (Å²) in [7, 11) is 2.94. The lowest BCUT2D eigenvalue weighted by Gasteiger charge is -2.14. The molecule has 0 aliphatic heterocycles. The number of carbonyl (C=O) groups excluding carboxylic acids is 1. The van der Waals surface area contributed by atoms with Crippen LogP contribution < -0.4 is 5.73 Å². The Morgan fingerprint density at radius 2 is 2.43 bits per heavy atom. The Balaban J connectivity index is 3.04. The average Bonchev–Trinajstić information content (AvgIpc) is 2.57. The van der Waals surface area contributed by atoms with Crippen molar-refractivity contribution in [2.24, 2.45) is 0 Å². The van der Waals surface area contributed by atoms with Crippen LogP contribution in [0.15, 0.2) is 6.20 Å². The van der Waals surface area contributed by atoms with E-state index in [1.54, 1.807) is 0 Å². The molecule has 0 atom stereocenters. The normalized spacial score (nSPS) is 10.2. The molecule has 1 amide bonds. The molecule has 0 fully saturated rings. The lowest BCUT2D eigenvalue weighted by molar-refractivity contribution is -0.0763. The minimum Gasteiger partial charge on any atom is -0.396 e. The van der Waals surface area contributed by atoms with Gasteiger partial charge in [0.2, 0.25) is 0 Å². The van der Waals surface area contributed by atoms with Gasteiger partial charge in [0.25, 0.3) is 5.91 Å². The fourth-order valence-corrected chi connectivity index (χ4v) is 1.11. The van der Waals surface area contributed by atoms with E-state index in [9.17, 15) is 4.79 Å². The molecule has 1 heterocycles. The van der Waals surface area contributed by atoms with Crippen LogP contribution in [-0.2, 0) is 11.4 Å². The molecule has 1 aromatic heterocycles. The van der Waals surface area contributed by atoms with E-state index in [0.29, 0.717) is 17.9 Å². The molecule has 0 bridgehead atoms. The number of aromatic nitrogens is 2. The number of carbonyl (C=O) groups is 1. The van der Waals surface area contributed by atoms with Crippen LogP contribution in [0.3, 0.4) is 0 Å². The summed E-state index contributed by atoms with van der Waals surface area (Å²) in [5, 5.41) is 5.07. The fourth-order valence-electron chi connectivity index (χ4n) is 1.11. The summed E-state index contributed by atoms with van der Waals surface area (Å²) in [5.74, 6) is -0.302. The van der Waals surface area contributed by atoms with Gasteiger partial charge in [-0.25, -0.2) is 5.06 Å². The summed E-state index contributed by atoms with van der Waals surface area (Å²) in [6.07, 6.45) is 1.46. The van der Waals surface area contributed by atoms with E-state index in [0.717, 1.165) is 5.06 Å². The van der Waals surface area contributed by atoms with Gasteiger partial charge in [-0.3, -0.25) is 14.3 Å². The molecule has 0 spiro atoms. The molecule has 2 N–H and O–H groups in total. The van der Waals surface area contributed by atoms with E-state index in [1.807, 2.05) is 6.92 Å². The van der Waals surface area contributed by atoms with E-state index < -0.39 is 0 Å². The molecular weight excluding hydrogens is 184 g/mol. The average molecular weight is 198 g/mol. The van der Waals surface area contributed by atoms with Crippen molar-refractivity contribution >= 4 is 11.6 Å². The van der Waals surface area contributed by atoms with Crippen molar-refractivity contribution in [2.75, 3.05) is 19.9 Å². The summed E-state index contributed by atoms with van der Waals surface area (Å²) in [5.41, 5.74) is 6.34. The van der Waals surface area contributed by atoms with Crippen LogP contribution in [0.1, 0.15) is 17.4 Å². The van der Waals surface area contributed by atoms with Crippen LogP contribution >= 0.6 is 0 Å². The molecule has 1 rings (SSSR count). The number of nitrogen functional groups attached to an aromatic ring is 1. The van der Waals surface area contributed by atoms with Gasteiger partial charge in [0.15, 0.2) is 5.69 Å². The topological polar surface area (TPSA) is 73.4 Å². The van der Waals surface area contributed by atoms with Gasteiger partial charge in [0, 0.05) is 13.6 Å². The Morgan fingerprint density at radius 3 is 2.93 bits per heavy atom. The number of anilines is 1. The monoisotopic (exact) mass is 198 g/mol. The zero-order valence-corrected chi connectivity index (χ0v) is 8.52. The number of nitrogens with zero attached hydrogens (tertiary/aromatic N) is 3. The first kappa shape index (κ1) is 10.5. The molecule has 0 unspecified atom stereocenters. The van der Waals surface area contributed by atoms with Gasteiger partial charge in [-0.2, -0.15) is 5.10 Å². The largest absolute Gasteiger partial charge is 0.396 e. The first-order chi connectivity index (χ1) is 6.61. The van der Waals surface area contributed by atoms with Crippen molar-refractivity contribution in [1.29, 1.82) is 0 Å². The molecule has 0 radical (unpaired) electrons. The van der Waals surface area contributed by atoms with E-state index in [4.69, 9.17) is 10.6 Å². The number of amides is 1. The molecule has 78 valence electrons. The second kappa shape index (κ2) is 4.10. The summed E-state index contributed by atoms with van der Waals surface area (Å²) in [4.78, 5) is 16.5. The van der Waals surface area contributed by atoms with Crippen molar-refractivity contribution in [3.05, 3.63) is 11.9 Å². The van der Waals surface area contributed by atoms with Crippen molar-refractivity contribution in [3.63, 3.8) is 0 Å². The molecule has 14 heavy (non-hydrogen) atoms. The molecule has 6 nitrogen and oxygen atoms in total. The standard InChI is InChI=1S/C8H14N4O2/c1-4-12-7(6(9)5-10-12)8(13)11(2)14-3/h5H,4,9H2,1-3H3. The van der Waals surface area contributed by atoms with Crippen molar-refractivity contribution in [3.8, 4) is 0 Å². The SMILES string of the molecule is CCn1ncc(N)c1C(=O)N(C)OC. The lowest BCUT2D eigenvalue weighted by atomic mass is 10.3. The predicted octanol–water partition coefficient (Wildman–Crippen LogP) is 0.119. The third-order valence-electron chi connectivity index (χ3n) is 1.93. The number of hydrogen-bond acceptors (Lipinski definition) is 4. The number of aryl methyl sites for hydroxylation is 1. The Hall–Kier alpha value is -1.56. The zero-order valence-electron chi connectivity index (χ0n) is 8.52. The third kappa shape index (κ3) is 1.69. The zero-order chi connectivity index (χ0) is 10.7. The number of hydrogen-bond donors (Lipinski definition) is 1. The van der Waals surface area contributed by atoms with E-state index in [1.165, 1.54) is 25.0 Å². The second-order valence-corrected chi connectivity index (χ2v) is 2.75. The quantitative estimate of drug-likeness (QED) is 0.700. The second-order valence-electron chi connectivity index (χ2n) is 2.75. The lowest BCUT2D eigenvalue weighted by Crippen LogP contribution is -2.28. The van der Waals surface area contributed by atoms with E-state index in [2.05, 4.69) is 5.10 Å². The Bertz CT molecular complexity index is 334. The molecule has 0 aliphatic carbocycles. The van der Waals surface area contributed by atoms with Crippen molar-refractivity contribution < 1.29 is 9.63 Å². The molecule has 0 aliphatic rings. The van der Waals surface area contributed by atoms with Gasteiger partial charge in [0.1, 0.15) is 0 Å². The Labute approximate surface area is 82.2 Å². The van der Waals surface area contributed by atoms with Crippen LogP contribution in [0.4, 0.5) is 5.69 Å². The third-order valence-corrected chi connectivity index (χ3v) is 1.93. The summed E-state index contributed by atoms with van der Waals surface area (Å²) in [6.45, 7) is 2.48. The number of nitrogens with two attached hydrogens (primary N) is 1. The van der Waals surface area contributed by atoms with Crippen LogP contribution in [-0.4, -0.2) is 34.9 Å². The van der Waals surface area contributed by atoms with Crippen LogP contribution in [0, 0.1) is 0 Å². The highest BCUT2D eigenvalue weighted by Gasteiger charge is 2.19. The van der Waals surface area contributed by atoms with Crippen molar-refractivity contribution in [1.82, 2.24) is 14.8 Å². The maximum Gasteiger partial charge on any atom is 0.297 e. The molecule has 6 heteroatoms. The minimum absolute atomic E-state index is 0.302. The van der Waals surface area contributed by atoms with Gasteiger partial charge < -0.3 is 5.73 Å². The summed E-state index contributed by atoms with van der Waals surface area (Å²) < 4.78 is 1.53. The maximum atomic E-state index is 11.7. The van der Waals surface area contributed by atoms with Gasteiger partial charge in [0.05, 0.1) is 19.0 Å². The van der Waals surface area contributed by atoms with Crippen LogP contribution in [0.5, 0.6) is 0 Å². The molecule has 0 saturated heterocycles. The summed E-state index contributed by atoms with van der Waals surface area (Å²) >= 11 is 0. The van der Waals surface area contributed by atoms with Gasteiger partial charge in [-0.15, -0.1) is 0 Å². The highest BCUT2D eigenvalue weighted by molar-refractivity contribution is 5.96. The van der Waals surface area contributed by atoms with Crippen LogP contribution in [0.25, 0.3) is 0 Å². The maximum absolute atomic E-state index is 11.7. The smallest absolute Gasteiger partial charge is 0.297 e. The Kier molecular flexibility index (Phi) is 3.08. The molecule has 0 aromatic carbocycles. The molecule has 1 aromatic rings. The predicted molar refractivity (Wildman–Crippen MR) is 51.4 cm³/mol. The summed E-state index contributed by atoms with van der Waals surface area (Å²) in [6, 6.07) is 0. The van der Waals surface area contributed by atoms with Gasteiger partial charge in [-0.05, 0) is 6.92 Å². The highest BCUT2D eigenvalue weighted by Crippen LogP contribution is 2.12. The first-order valence-electron chi connectivity index (χ1n) is 4.25. The van der Waals surface area contributed by atoms with Gasteiger partial charge >= 0.3 is 0 Å². The highest BCUT2D eigenvalue weighted by atomic mass is 16.7. The number of hydroxylamine groups is 2. The molecule has 0 saturated carbocycles. The van der Waals surface area contributed by atoms with Crippen molar-refractivity contribution in [2.45, 2.75) is 13.5 Å². The van der Waals surface area contributed by atoms with E-state index in [-0.39, 0.29) is 5.91 Å². The van der Waals surface area contributed by atoms with Crippen LogP contribution in [0.2, 0.25) is 0 Å². The fraction of sp³-hybridized carbons (Fsp3) is 0.500. The number of rotatable bonds is 3. The molecular formula is C8H14N4O2.